The van der Waals surface area contributed by atoms with Gasteiger partial charge in [-0.05, 0) is 43.4 Å². The van der Waals surface area contributed by atoms with Crippen molar-refractivity contribution in [3.05, 3.63) is 34.6 Å². The molecule has 0 radical (unpaired) electrons. The molecule has 3 nitrogen and oxygen atoms in total. The van der Waals surface area contributed by atoms with E-state index in [0.29, 0.717) is 0 Å². The maximum absolute atomic E-state index is 6.26. The molecule has 2 rings (SSSR count). The van der Waals surface area contributed by atoms with E-state index >= 15 is 0 Å². The van der Waals surface area contributed by atoms with E-state index in [0.717, 1.165) is 32.1 Å². The molecule has 0 aliphatic heterocycles. The summed E-state index contributed by atoms with van der Waals surface area (Å²) in [6.45, 7) is 3.88. The van der Waals surface area contributed by atoms with Crippen molar-refractivity contribution in [2.45, 2.75) is 35.5 Å². The van der Waals surface area contributed by atoms with Gasteiger partial charge in [0.05, 0.1) is 5.02 Å². The van der Waals surface area contributed by atoms with Gasteiger partial charge in [-0.1, -0.05) is 35.5 Å². The third-order valence-corrected chi connectivity index (χ3v) is 4.74. The SMILES string of the molecule is Cc1nsc(Sc2c(Cl)cccc2CC(C)N)n1. The van der Waals surface area contributed by atoms with Gasteiger partial charge in [0.15, 0.2) is 4.34 Å². The molecule has 1 aromatic carbocycles. The van der Waals surface area contributed by atoms with Gasteiger partial charge in [-0.25, -0.2) is 4.98 Å². The molecular formula is C12H14ClN3S2. The Morgan fingerprint density at radius 3 is 2.89 bits per heavy atom. The topological polar surface area (TPSA) is 51.8 Å². The van der Waals surface area contributed by atoms with Gasteiger partial charge in [0.1, 0.15) is 5.82 Å². The van der Waals surface area contributed by atoms with E-state index in [1.165, 1.54) is 11.5 Å². The fourth-order valence-electron chi connectivity index (χ4n) is 1.58. The van der Waals surface area contributed by atoms with Crippen molar-refractivity contribution >= 4 is 34.9 Å². The zero-order valence-electron chi connectivity index (χ0n) is 10.2. The summed E-state index contributed by atoms with van der Waals surface area (Å²) in [4.78, 5) is 5.38. The standard InChI is InChI=1S/C12H14ClN3S2/c1-7(14)6-9-4-3-5-10(13)11(9)17-12-15-8(2)16-18-12/h3-5,7H,6,14H2,1-2H3. The van der Waals surface area contributed by atoms with Crippen molar-refractivity contribution < 1.29 is 0 Å². The first-order valence-corrected chi connectivity index (χ1v) is 7.54. The molecule has 2 N–H and O–H groups in total. The second-order valence-electron chi connectivity index (χ2n) is 4.12. The molecule has 6 heteroatoms. The van der Waals surface area contributed by atoms with Crippen LogP contribution >= 0.6 is 34.9 Å². The molecule has 0 saturated carbocycles. The predicted octanol–water partition coefficient (Wildman–Crippen LogP) is 3.54. The van der Waals surface area contributed by atoms with E-state index in [1.54, 1.807) is 11.8 Å². The van der Waals surface area contributed by atoms with Crippen LogP contribution in [0.15, 0.2) is 27.4 Å². The van der Waals surface area contributed by atoms with Crippen molar-refractivity contribution in [2.24, 2.45) is 5.73 Å². The minimum absolute atomic E-state index is 0.110. The molecule has 1 aromatic heterocycles. The van der Waals surface area contributed by atoms with Crippen LogP contribution < -0.4 is 5.73 Å². The number of aromatic nitrogens is 2. The quantitative estimate of drug-likeness (QED) is 0.938. The third kappa shape index (κ3) is 3.45. The Bertz CT molecular complexity index is 540. The van der Waals surface area contributed by atoms with Crippen molar-refractivity contribution in [1.29, 1.82) is 0 Å². The predicted molar refractivity (Wildman–Crippen MR) is 77.6 cm³/mol. The highest BCUT2D eigenvalue weighted by molar-refractivity contribution is 8.01. The molecule has 96 valence electrons. The molecule has 0 aliphatic carbocycles. The molecule has 2 aromatic rings. The fourth-order valence-corrected chi connectivity index (χ4v) is 3.63. The smallest absolute Gasteiger partial charge is 0.174 e. The lowest BCUT2D eigenvalue weighted by molar-refractivity contribution is 0.729. The molecule has 0 saturated heterocycles. The summed E-state index contributed by atoms with van der Waals surface area (Å²) < 4.78 is 5.08. The summed E-state index contributed by atoms with van der Waals surface area (Å²) in [6, 6.07) is 6.02. The van der Waals surface area contributed by atoms with Crippen LogP contribution in [0, 0.1) is 6.92 Å². The van der Waals surface area contributed by atoms with Crippen molar-refractivity contribution in [1.82, 2.24) is 9.36 Å². The second kappa shape index (κ2) is 6.02. The van der Waals surface area contributed by atoms with Crippen LogP contribution in [0.4, 0.5) is 0 Å². The summed E-state index contributed by atoms with van der Waals surface area (Å²) in [5, 5.41) is 0.742. The van der Waals surface area contributed by atoms with Gasteiger partial charge in [0.25, 0.3) is 0 Å². The summed E-state index contributed by atoms with van der Waals surface area (Å²) in [5.74, 6) is 0.795. The number of nitrogens with two attached hydrogens (primary N) is 1. The van der Waals surface area contributed by atoms with E-state index in [9.17, 15) is 0 Å². The Hall–Kier alpha value is -0.620. The normalized spacial score (nSPS) is 12.7. The average Bonchev–Trinajstić information content (AvgIpc) is 2.68. The van der Waals surface area contributed by atoms with Crippen LogP contribution in [0.25, 0.3) is 0 Å². The lowest BCUT2D eigenvalue weighted by atomic mass is 10.1. The zero-order chi connectivity index (χ0) is 13.1. The van der Waals surface area contributed by atoms with Crippen LogP contribution in [0.1, 0.15) is 18.3 Å². The maximum Gasteiger partial charge on any atom is 0.174 e. The van der Waals surface area contributed by atoms with Crippen LogP contribution in [-0.2, 0) is 6.42 Å². The second-order valence-corrected chi connectivity index (χ2v) is 6.54. The number of nitrogens with zero attached hydrogens (tertiary/aromatic N) is 2. The largest absolute Gasteiger partial charge is 0.328 e. The van der Waals surface area contributed by atoms with Crippen LogP contribution in [0.2, 0.25) is 5.02 Å². The van der Waals surface area contributed by atoms with Gasteiger partial charge >= 0.3 is 0 Å². The zero-order valence-corrected chi connectivity index (χ0v) is 12.6. The summed E-state index contributed by atoms with van der Waals surface area (Å²) in [7, 11) is 0. The first-order chi connectivity index (χ1) is 8.56. The first kappa shape index (κ1) is 13.8. The van der Waals surface area contributed by atoms with Gasteiger partial charge in [0.2, 0.25) is 0 Å². The molecule has 0 amide bonds. The Balaban J connectivity index is 2.30. The van der Waals surface area contributed by atoms with Crippen molar-refractivity contribution in [3.8, 4) is 0 Å². The molecule has 0 spiro atoms. The van der Waals surface area contributed by atoms with E-state index in [4.69, 9.17) is 17.3 Å². The Morgan fingerprint density at radius 2 is 2.28 bits per heavy atom. The Morgan fingerprint density at radius 1 is 1.50 bits per heavy atom. The minimum Gasteiger partial charge on any atom is -0.328 e. The van der Waals surface area contributed by atoms with Gasteiger partial charge in [-0.2, -0.15) is 4.37 Å². The monoisotopic (exact) mass is 299 g/mol. The molecule has 1 heterocycles. The van der Waals surface area contributed by atoms with Gasteiger partial charge in [0, 0.05) is 10.9 Å². The molecule has 1 unspecified atom stereocenters. The molecule has 1 atom stereocenters. The lowest BCUT2D eigenvalue weighted by Crippen LogP contribution is -2.18. The summed E-state index contributed by atoms with van der Waals surface area (Å²) in [5.41, 5.74) is 7.03. The number of hydrogen-bond acceptors (Lipinski definition) is 5. The highest BCUT2D eigenvalue weighted by atomic mass is 35.5. The minimum atomic E-state index is 0.110. The number of hydrogen-bond donors (Lipinski definition) is 1. The highest BCUT2D eigenvalue weighted by Gasteiger charge is 2.12. The molecular weight excluding hydrogens is 286 g/mol. The third-order valence-electron chi connectivity index (χ3n) is 2.29. The van der Waals surface area contributed by atoms with E-state index < -0.39 is 0 Å². The summed E-state index contributed by atoms with van der Waals surface area (Å²) in [6.07, 6.45) is 0.806. The van der Waals surface area contributed by atoms with E-state index in [2.05, 4.69) is 15.4 Å². The molecule has 18 heavy (non-hydrogen) atoms. The fraction of sp³-hybridized carbons (Fsp3) is 0.333. The van der Waals surface area contributed by atoms with Gasteiger partial charge in [-0.15, -0.1) is 0 Å². The van der Waals surface area contributed by atoms with Crippen molar-refractivity contribution in [3.63, 3.8) is 0 Å². The van der Waals surface area contributed by atoms with Crippen LogP contribution in [0.5, 0.6) is 0 Å². The average molecular weight is 300 g/mol. The number of rotatable bonds is 4. The number of halogens is 1. The first-order valence-electron chi connectivity index (χ1n) is 5.57. The maximum atomic E-state index is 6.26. The molecule has 0 bridgehead atoms. The summed E-state index contributed by atoms with van der Waals surface area (Å²) >= 11 is 9.22. The van der Waals surface area contributed by atoms with Crippen LogP contribution in [0.3, 0.4) is 0 Å². The van der Waals surface area contributed by atoms with Gasteiger partial charge in [-0.3, -0.25) is 0 Å². The lowest BCUT2D eigenvalue weighted by Gasteiger charge is -2.11. The molecule has 0 aliphatic rings. The van der Waals surface area contributed by atoms with E-state index in [-0.39, 0.29) is 6.04 Å². The Kier molecular flexibility index (Phi) is 4.61. The number of aryl methyl sites for hydroxylation is 1. The van der Waals surface area contributed by atoms with E-state index in [1.807, 2.05) is 26.0 Å². The molecule has 0 fully saturated rings. The number of benzene rings is 1. The van der Waals surface area contributed by atoms with Gasteiger partial charge < -0.3 is 5.73 Å². The van der Waals surface area contributed by atoms with Crippen LogP contribution in [-0.4, -0.2) is 15.4 Å². The Labute approximate surface area is 120 Å². The highest BCUT2D eigenvalue weighted by Crippen LogP contribution is 2.37. The van der Waals surface area contributed by atoms with Crippen molar-refractivity contribution in [2.75, 3.05) is 0 Å².